The minimum Gasteiger partial charge on any atom is -0.309 e. The molecule has 0 aliphatic heterocycles. The van der Waals surface area contributed by atoms with Crippen LogP contribution in [0.1, 0.15) is 0 Å². The fraction of sp³-hybridized carbons (Fsp3) is 0. The summed E-state index contributed by atoms with van der Waals surface area (Å²) in [5, 5.41) is 4.76. The monoisotopic (exact) mass is 791 g/mol. The van der Waals surface area contributed by atoms with Gasteiger partial charge in [-0.25, -0.2) is 15.0 Å². The molecule has 3 aromatic heterocycles. The predicted molar refractivity (Wildman–Crippen MR) is 256 cm³/mol. The van der Waals surface area contributed by atoms with Crippen LogP contribution in [0.3, 0.4) is 0 Å². The molecule has 0 fully saturated rings. The van der Waals surface area contributed by atoms with Crippen LogP contribution in [-0.2, 0) is 0 Å². The molecule has 62 heavy (non-hydrogen) atoms. The van der Waals surface area contributed by atoms with Gasteiger partial charge in [0.1, 0.15) is 0 Å². The lowest BCUT2D eigenvalue weighted by Gasteiger charge is -2.16. The highest BCUT2D eigenvalue weighted by Gasteiger charge is 2.21. The van der Waals surface area contributed by atoms with Gasteiger partial charge >= 0.3 is 0 Å². The Hall–Kier alpha value is -8.41. The van der Waals surface area contributed by atoms with Gasteiger partial charge in [-0.1, -0.05) is 182 Å². The average Bonchev–Trinajstić information content (AvgIpc) is 3.86. The Morgan fingerprint density at radius 2 is 0.710 bits per heavy atom. The predicted octanol–water partition coefficient (Wildman–Crippen LogP) is 14.4. The number of fused-ring (bicyclic) bond motifs is 6. The molecule has 0 aliphatic carbocycles. The third-order valence-corrected chi connectivity index (χ3v) is 12.0. The van der Waals surface area contributed by atoms with Crippen molar-refractivity contribution in [3.8, 4) is 67.8 Å². The van der Waals surface area contributed by atoms with Gasteiger partial charge < -0.3 is 9.13 Å². The molecule has 12 aromatic rings. The molecule has 3 heterocycles. The zero-order chi connectivity index (χ0) is 41.0. The molecule has 0 radical (unpaired) electrons. The topological polar surface area (TPSA) is 48.5 Å². The van der Waals surface area contributed by atoms with E-state index in [4.69, 9.17) is 15.0 Å². The Kier molecular flexibility index (Phi) is 8.42. The van der Waals surface area contributed by atoms with Gasteiger partial charge in [0.2, 0.25) is 0 Å². The molecule has 0 spiro atoms. The maximum Gasteiger partial charge on any atom is 0.164 e. The van der Waals surface area contributed by atoms with Crippen LogP contribution in [0.15, 0.2) is 224 Å². The molecular weight excluding hydrogens is 755 g/mol. The van der Waals surface area contributed by atoms with Gasteiger partial charge in [-0.3, -0.25) is 0 Å². The first-order valence-corrected chi connectivity index (χ1v) is 20.9. The summed E-state index contributed by atoms with van der Waals surface area (Å²) in [7, 11) is 0. The second-order valence-corrected chi connectivity index (χ2v) is 15.6. The smallest absolute Gasteiger partial charge is 0.164 e. The molecule has 5 heteroatoms. The summed E-state index contributed by atoms with van der Waals surface area (Å²) in [6, 6.07) is 79.5. The number of para-hydroxylation sites is 2. The summed E-state index contributed by atoms with van der Waals surface area (Å²) >= 11 is 0. The molecule has 0 unspecified atom stereocenters. The summed E-state index contributed by atoms with van der Waals surface area (Å²) in [5.74, 6) is 1.90. The van der Waals surface area contributed by atoms with E-state index in [0.717, 1.165) is 50.1 Å². The number of aromatic nitrogens is 5. The van der Waals surface area contributed by atoms with Crippen molar-refractivity contribution in [3.63, 3.8) is 0 Å². The Labute approximate surface area is 358 Å². The van der Waals surface area contributed by atoms with Crippen molar-refractivity contribution in [1.82, 2.24) is 24.1 Å². The van der Waals surface area contributed by atoms with Crippen LogP contribution in [-0.4, -0.2) is 24.1 Å². The molecule has 5 nitrogen and oxygen atoms in total. The number of rotatable bonds is 7. The highest BCUT2D eigenvalue weighted by atomic mass is 15.0. The Balaban J connectivity index is 1.09. The van der Waals surface area contributed by atoms with Crippen LogP contribution in [0.4, 0.5) is 0 Å². The first-order chi connectivity index (χ1) is 30.7. The van der Waals surface area contributed by atoms with Gasteiger partial charge in [0, 0.05) is 49.5 Å². The van der Waals surface area contributed by atoms with E-state index in [1.165, 1.54) is 43.8 Å². The maximum absolute atomic E-state index is 5.07. The minimum atomic E-state index is 0.623. The summed E-state index contributed by atoms with van der Waals surface area (Å²) in [5.41, 5.74) is 14.3. The normalized spacial score (nSPS) is 11.5. The second-order valence-electron chi connectivity index (χ2n) is 15.6. The van der Waals surface area contributed by atoms with E-state index >= 15 is 0 Å². The second kappa shape index (κ2) is 14.7. The molecule has 0 bridgehead atoms. The van der Waals surface area contributed by atoms with E-state index in [1.54, 1.807) is 0 Å². The lowest BCUT2D eigenvalue weighted by molar-refractivity contribution is 1.07. The zero-order valence-corrected chi connectivity index (χ0v) is 33.6. The molecule has 0 N–H and O–H groups in total. The third kappa shape index (κ3) is 5.98. The average molecular weight is 792 g/mol. The van der Waals surface area contributed by atoms with Crippen LogP contribution in [0.2, 0.25) is 0 Å². The Morgan fingerprint density at radius 3 is 1.29 bits per heavy atom. The first-order valence-electron chi connectivity index (χ1n) is 20.9. The summed E-state index contributed by atoms with van der Waals surface area (Å²) in [6.45, 7) is 0. The Bertz CT molecular complexity index is 3550. The lowest BCUT2D eigenvalue weighted by Crippen LogP contribution is -2.01. The van der Waals surface area contributed by atoms with Crippen LogP contribution in [0, 0.1) is 0 Å². The molecule has 12 rings (SSSR count). The highest BCUT2D eigenvalue weighted by Crippen LogP contribution is 2.42. The quantitative estimate of drug-likeness (QED) is 0.162. The summed E-state index contributed by atoms with van der Waals surface area (Å²) in [6.07, 6.45) is 0. The fourth-order valence-corrected chi connectivity index (χ4v) is 9.08. The molecule has 0 aliphatic rings. The van der Waals surface area contributed by atoms with Crippen molar-refractivity contribution < 1.29 is 0 Å². The first kappa shape index (κ1) is 35.5. The number of hydrogen-bond acceptors (Lipinski definition) is 3. The standard InChI is InChI=1S/C57H37N5/c1-5-18-38(19-6-1)42-32-33-45(39-20-7-2-8-21-39)52(35-42)62-51-31-16-14-29-47(51)49-36-53-48(37-54(49)62)46-28-13-15-30-50(46)61(53)44-27-17-26-43(34-44)57-59-55(40-22-9-3-10-23-40)58-56(60-57)41-24-11-4-12-25-41/h1-37H. The number of hydrogen-bond donors (Lipinski definition) is 0. The van der Waals surface area contributed by atoms with Crippen molar-refractivity contribution in [3.05, 3.63) is 224 Å². The fourth-order valence-electron chi connectivity index (χ4n) is 9.08. The largest absolute Gasteiger partial charge is 0.309 e. The summed E-state index contributed by atoms with van der Waals surface area (Å²) in [4.78, 5) is 15.1. The van der Waals surface area contributed by atoms with E-state index in [9.17, 15) is 0 Å². The van der Waals surface area contributed by atoms with Crippen molar-refractivity contribution >= 4 is 43.6 Å². The van der Waals surface area contributed by atoms with Crippen LogP contribution in [0.5, 0.6) is 0 Å². The lowest BCUT2D eigenvalue weighted by atomic mass is 9.98. The van der Waals surface area contributed by atoms with Crippen molar-refractivity contribution in [2.75, 3.05) is 0 Å². The van der Waals surface area contributed by atoms with E-state index in [1.807, 2.05) is 60.7 Å². The molecule has 0 saturated carbocycles. The molecule has 9 aromatic carbocycles. The van der Waals surface area contributed by atoms with Gasteiger partial charge in [-0.15, -0.1) is 0 Å². The number of benzene rings is 9. The molecule has 0 saturated heterocycles. The van der Waals surface area contributed by atoms with Crippen LogP contribution < -0.4 is 0 Å². The zero-order valence-electron chi connectivity index (χ0n) is 33.6. The highest BCUT2D eigenvalue weighted by molar-refractivity contribution is 6.19. The van der Waals surface area contributed by atoms with E-state index < -0.39 is 0 Å². The molecule has 0 atom stereocenters. The van der Waals surface area contributed by atoms with Gasteiger partial charge in [-0.2, -0.15) is 0 Å². The van der Waals surface area contributed by atoms with Gasteiger partial charge in [0.15, 0.2) is 17.5 Å². The van der Waals surface area contributed by atoms with E-state index in [0.29, 0.717) is 17.5 Å². The third-order valence-electron chi connectivity index (χ3n) is 12.0. The molecule has 0 amide bonds. The van der Waals surface area contributed by atoms with Crippen LogP contribution in [0.25, 0.3) is 111 Å². The summed E-state index contributed by atoms with van der Waals surface area (Å²) < 4.78 is 4.86. The maximum atomic E-state index is 5.07. The van der Waals surface area contributed by atoms with Gasteiger partial charge in [0.05, 0.1) is 27.8 Å². The molecular formula is C57H37N5. The Morgan fingerprint density at radius 1 is 0.258 bits per heavy atom. The van der Waals surface area contributed by atoms with E-state index in [-0.39, 0.29) is 0 Å². The SMILES string of the molecule is c1ccc(-c2ccc(-c3ccccc3)c(-n3c4ccccc4c4cc5c(cc43)c3ccccc3n5-c3cccc(-c4nc(-c5ccccc5)nc(-c5ccccc5)n4)c3)c2)cc1. The number of nitrogens with zero attached hydrogens (tertiary/aromatic N) is 5. The minimum absolute atomic E-state index is 0.623. The molecule has 290 valence electrons. The van der Waals surface area contributed by atoms with Gasteiger partial charge in [0.25, 0.3) is 0 Å². The van der Waals surface area contributed by atoms with Crippen molar-refractivity contribution in [1.29, 1.82) is 0 Å². The van der Waals surface area contributed by atoms with Crippen molar-refractivity contribution in [2.45, 2.75) is 0 Å². The van der Waals surface area contributed by atoms with Crippen molar-refractivity contribution in [2.24, 2.45) is 0 Å². The van der Waals surface area contributed by atoms with Crippen LogP contribution >= 0.6 is 0 Å². The van der Waals surface area contributed by atoms with Gasteiger partial charge in [-0.05, 0) is 59.2 Å². The van der Waals surface area contributed by atoms with E-state index in [2.05, 4.69) is 173 Å².